The van der Waals surface area contributed by atoms with E-state index in [2.05, 4.69) is 26.2 Å². The maximum atomic E-state index is 13.1. The standard InChI is InChI=1S/C25H28BrF3N2O4/c1-3-35-23-20(33-2)11-21(26)31-22(23)24(32)30-19-10-15-8-16(19)9-17(15)13-34-12-14-5-4-6-18(7-14)25(27,28)29/h4-7,11,15-17,19H,3,8-10,12-13H2,1-2H3,(H,30,32)/t15?,16?,17-,19?/m1/s1. The number of ether oxygens (including phenoxy) is 3. The molecule has 3 unspecified atom stereocenters. The van der Waals surface area contributed by atoms with Gasteiger partial charge in [0, 0.05) is 12.1 Å². The van der Waals surface area contributed by atoms with Crippen LogP contribution in [-0.4, -0.2) is 37.3 Å². The molecule has 2 saturated carbocycles. The number of nitrogens with zero attached hydrogens (tertiary/aromatic N) is 1. The van der Waals surface area contributed by atoms with Crippen molar-refractivity contribution < 1.29 is 32.2 Å². The molecular formula is C25H28BrF3N2O4. The second-order valence-electron chi connectivity index (χ2n) is 9.04. The molecule has 1 amide bonds. The van der Waals surface area contributed by atoms with Gasteiger partial charge in [0.05, 0.1) is 32.5 Å². The Hall–Kier alpha value is -2.33. The summed E-state index contributed by atoms with van der Waals surface area (Å²) < 4.78 is 56.0. The average molecular weight is 557 g/mol. The number of pyridine rings is 1. The second-order valence-corrected chi connectivity index (χ2v) is 9.85. The van der Waals surface area contributed by atoms with E-state index < -0.39 is 11.7 Å². The third-order valence-electron chi connectivity index (χ3n) is 6.81. The van der Waals surface area contributed by atoms with Crippen LogP contribution in [0, 0.1) is 17.8 Å². The van der Waals surface area contributed by atoms with Crippen LogP contribution in [0.2, 0.25) is 0 Å². The fraction of sp³-hybridized carbons (Fsp3) is 0.520. The number of hydrogen-bond acceptors (Lipinski definition) is 5. The number of nitrogens with one attached hydrogen (secondary N) is 1. The Kier molecular flexibility index (Phi) is 7.90. The van der Waals surface area contributed by atoms with Crippen molar-refractivity contribution in [2.75, 3.05) is 20.3 Å². The highest BCUT2D eigenvalue weighted by Crippen LogP contribution is 2.49. The van der Waals surface area contributed by atoms with Crippen molar-refractivity contribution in [3.8, 4) is 11.5 Å². The number of alkyl halides is 3. The summed E-state index contributed by atoms with van der Waals surface area (Å²) in [5.74, 6) is 1.52. The molecule has 4 rings (SSSR count). The molecule has 2 aromatic rings. The van der Waals surface area contributed by atoms with Gasteiger partial charge in [-0.1, -0.05) is 12.1 Å². The van der Waals surface area contributed by atoms with Gasteiger partial charge in [0.1, 0.15) is 4.60 Å². The number of amides is 1. The molecule has 2 fully saturated rings. The van der Waals surface area contributed by atoms with Crippen molar-refractivity contribution in [1.82, 2.24) is 10.3 Å². The van der Waals surface area contributed by atoms with E-state index in [-0.39, 0.29) is 24.2 Å². The summed E-state index contributed by atoms with van der Waals surface area (Å²) in [5, 5.41) is 3.12. The first-order chi connectivity index (χ1) is 16.7. The molecule has 2 aliphatic carbocycles. The van der Waals surface area contributed by atoms with Gasteiger partial charge >= 0.3 is 6.18 Å². The number of rotatable bonds is 9. The normalized spacial score (nSPS) is 23.4. The molecule has 10 heteroatoms. The molecule has 4 atom stereocenters. The Morgan fingerprint density at radius 1 is 1.20 bits per heavy atom. The maximum absolute atomic E-state index is 13.1. The summed E-state index contributed by atoms with van der Waals surface area (Å²) in [4.78, 5) is 17.4. The molecule has 0 saturated heterocycles. The van der Waals surface area contributed by atoms with Crippen LogP contribution in [0.3, 0.4) is 0 Å². The molecule has 1 N–H and O–H groups in total. The quantitative estimate of drug-likeness (QED) is 0.405. The predicted molar refractivity (Wildman–Crippen MR) is 126 cm³/mol. The number of fused-ring (bicyclic) bond motifs is 2. The summed E-state index contributed by atoms with van der Waals surface area (Å²) in [7, 11) is 1.51. The van der Waals surface area contributed by atoms with E-state index >= 15 is 0 Å². The topological polar surface area (TPSA) is 69.7 Å². The highest BCUT2D eigenvalue weighted by molar-refractivity contribution is 9.10. The monoisotopic (exact) mass is 556 g/mol. The molecule has 35 heavy (non-hydrogen) atoms. The Morgan fingerprint density at radius 2 is 2.00 bits per heavy atom. The number of carbonyl (C=O) groups excluding carboxylic acids is 1. The van der Waals surface area contributed by atoms with E-state index in [1.807, 2.05) is 6.92 Å². The minimum Gasteiger partial charge on any atom is -0.493 e. The van der Waals surface area contributed by atoms with Gasteiger partial charge in [-0.3, -0.25) is 4.79 Å². The van der Waals surface area contributed by atoms with Gasteiger partial charge in [-0.2, -0.15) is 13.2 Å². The molecule has 0 spiro atoms. The first-order valence-corrected chi connectivity index (χ1v) is 12.4. The summed E-state index contributed by atoms with van der Waals surface area (Å²) in [6, 6.07) is 6.93. The Labute approximate surface area is 210 Å². The lowest BCUT2D eigenvalue weighted by molar-refractivity contribution is -0.137. The van der Waals surface area contributed by atoms with Gasteiger partial charge in [0.2, 0.25) is 0 Å². The number of carbonyl (C=O) groups is 1. The van der Waals surface area contributed by atoms with Crippen LogP contribution in [0.4, 0.5) is 13.2 Å². The summed E-state index contributed by atoms with van der Waals surface area (Å²) in [5.41, 5.74) is 0.0270. The van der Waals surface area contributed by atoms with Crippen molar-refractivity contribution in [1.29, 1.82) is 0 Å². The third-order valence-corrected chi connectivity index (χ3v) is 7.21. The largest absolute Gasteiger partial charge is 0.493 e. The van der Waals surface area contributed by atoms with E-state index in [0.717, 1.165) is 31.4 Å². The van der Waals surface area contributed by atoms with Crippen LogP contribution in [0.25, 0.3) is 0 Å². The Balaban J connectivity index is 1.31. The first kappa shape index (κ1) is 25.8. The SMILES string of the molecule is CCOc1c(OC)cc(Br)nc1C(=O)NC1CC2CC1C[C@@H]2COCc1cccc(C(F)(F)F)c1. The lowest BCUT2D eigenvalue weighted by Gasteiger charge is -2.28. The highest BCUT2D eigenvalue weighted by atomic mass is 79.9. The van der Waals surface area contributed by atoms with E-state index in [4.69, 9.17) is 14.2 Å². The number of hydrogen-bond donors (Lipinski definition) is 1. The maximum Gasteiger partial charge on any atom is 0.416 e. The zero-order valence-corrected chi connectivity index (χ0v) is 21.1. The molecule has 0 radical (unpaired) electrons. The van der Waals surface area contributed by atoms with Crippen LogP contribution >= 0.6 is 15.9 Å². The summed E-state index contributed by atoms with van der Waals surface area (Å²) in [6.45, 7) is 2.84. The smallest absolute Gasteiger partial charge is 0.416 e. The highest BCUT2D eigenvalue weighted by Gasteiger charge is 2.46. The number of benzene rings is 1. The van der Waals surface area contributed by atoms with Crippen LogP contribution in [0.1, 0.15) is 47.8 Å². The number of halogens is 4. The first-order valence-electron chi connectivity index (χ1n) is 11.6. The van der Waals surface area contributed by atoms with E-state index in [1.165, 1.54) is 13.2 Å². The minimum absolute atomic E-state index is 0.0356. The van der Waals surface area contributed by atoms with Crippen LogP contribution in [-0.2, 0) is 17.5 Å². The van der Waals surface area contributed by atoms with Crippen molar-refractivity contribution in [2.24, 2.45) is 17.8 Å². The zero-order valence-electron chi connectivity index (χ0n) is 19.5. The van der Waals surface area contributed by atoms with E-state index in [0.29, 0.717) is 52.6 Å². The molecule has 0 aliphatic heterocycles. The van der Waals surface area contributed by atoms with Crippen LogP contribution in [0.5, 0.6) is 11.5 Å². The van der Waals surface area contributed by atoms with Gasteiger partial charge in [0.25, 0.3) is 5.91 Å². The molecule has 2 aliphatic rings. The van der Waals surface area contributed by atoms with Crippen molar-refractivity contribution in [3.05, 3.63) is 51.8 Å². The third kappa shape index (κ3) is 5.91. The summed E-state index contributed by atoms with van der Waals surface area (Å²) >= 11 is 3.32. The van der Waals surface area contributed by atoms with Crippen LogP contribution < -0.4 is 14.8 Å². The average Bonchev–Trinajstić information content (AvgIpc) is 3.39. The van der Waals surface area contributed by atoms with E-state index in [9.17, 15) is 18.0 Å². The minimum atomic E-state index is -4.36. The Bertz CT molecular complexity index is 1070. The molecule has 1 aromatic carbocycles. The second kappa shape index (κ2) is 10.7. The van der Waals surface area contributed by atoms with Gasteiger partial charge in [-0.05, 0) is 77.6 Å². The molecule has 2 bridgehead atoms. The van der Waals surface area contributed by atoms with E-state index in [1.54, 1.807) is 12.1 Å². The van der Waals surface area contributed by atoms with Gasteiger partial charge in [-0.15, -0.1) is 0 Å². The van der Waals surface area contributed by atoms with Gasteiger partial charge in [-0.25, -0.2) is 4.98 Å². The molecule has 6 nitrogen and oxygen atoms in total. The van der Waals surface area contributed by atoms with Crippen LogP contribution in [0.15, 0.2) is 34.9 Å². The number of methoxy groups -OCH3 is 1. The fourth-order valence-electron chi connectivity index (χ4n) is 5.25. The van der Waals surface area contributed by atoms with Crippen molar-refractivity contribution in [2.45, 2.75) is 45.0 Å². The molecule has 190 valence electrons. The molecular weight excluding hydrogens is 529 g/mol. The number of aromatic nitrogens is 1. The fourth-order valence-corrected chi connectivity index (χ4v) is 5.63. The summed E-state index contributed by atoms with van der Waals surface area (Å²) in [6.07, 6.45) is -1.62. The molecule has 1 heterocycles. The van der Waals surface area contributed by atoms with Gasteiger partial charge < -0.3 is 19.5 Å². The lowest BCUT2D eigenvalue weighted by Crippen LogP contribution is -2.40. The zero-order chi connectivity index (χ0) is 25.2. The lowest BCUT2D eigenvalue weighted by atomic mass is 9.86. The predicted octanol–water partition coefficient (Wildman–Crippen LogP) is 5.63. The Morgan fingerprint density at radius 3 is 2.66 bits per heavy atom. The van der Waals surface area contributed by atoms with Crippen molar-refractivity contribution in [3.63, 3.8) is 0 Å². The van der Waals surface area contributed by atoms with Crippen molar-refractivity contribution >= 4 is 21.8 Å². The molecule has 1 aromatic heterocycles. The van der Waals surface area contributed by atoms with Gasteiger partial charge in [0.15, 0.2) is 17.2 Å².